The first-order valence-corrected chi connectivity index (χ1v) is 10.7. The Balaban J connectivity index is 1.66. The normalized spacial score (nSPS) is 17.4. The van der Waals surface area contributed by atoms with Gasteiger partial charge in [-0.2, -0.15) is 10.1 Å². The average Bonchev–Trinajstić information content (AvgIpc) is 3.33. The van der Waals surface area contributed by atoms with Crippen LogP contribution in [0.1, 0.15) is 40.0 Å². The molecule has 1 aromatic heterocycles. The number of aromatic nitrogens is 3. The number of hydrogen-bond acceptors (Lipinski definition) is 5. The van der Waals surface area contributed by atoms with E-state index in [1.165, 1.54) is 24.5 Å². The number of anilines is 1. The van der Waals surface area contributed by atoms with E-state index in [-0.39, 0.29) is 29.2 Å². The van der Waals surface area contributed by atoms with Crippen molar-refractivity contribution in [3.8, 4) is 0 Å². The molecule has 9 heteroatoms. The summed E-state index contributed by atoms with van der Waals surface area (Å²) >= 11 is 6.52. The minimum absolute atomic E-state index is 0.149. The topological polar surface area (TPSA) is 94.2 Å². The molecule has 0 fully saturated rings. The van der Waals surface area contributed by atoms with E-state index in [9.17, 15) is 14.9 Å². The first kappa shape index (κ1) is 20.8. The molecule has 0 radical (unpaired) electrons. The Hall–Kier alpha value is -4.04. The summed E-state index contributed by atoms with van der Waals surface area (Å²) in [5.74, 6) is -0.0315. The van der Waals surface area contributed by atoms with Gasteiger partial charge in [0.1, 0.15) is 6.33 Å². The summed E-state index contributed by atoms with van der Waals surface area (Å²) in [6.45, 7) is 0. The second-order valence-electron chi connectivity index (χ2n) is 7.69. The zero-order chi connectivity index (χ0) is 22.9. The standard InChI is InChI=1S/C24H18ClN5O3/c25-20-12-5-4-11-19(20)22-14-21(16-7-2-1-3-8-16)28(24-26-15-27-29(22)24)23(31)17-9-6-10-18(13-17)30(32)33/h1-13,15,21-22H,14H2. The van der Waals surface area contributed by atoms with E-state index in [1.54, 1.807) is 15.6 Å². The number of amides is 1. The van der Waals surface area contributed by atoms with Crippen molar-refractivity contribution in [3.05, 3.63) is 117 Å². The van der Waals surface area contributed by atoms with Crippen molar-refractivity contribution in [1.82, 2.24) is 14.8 Å². The van der Waals surface area contributed by atoms with Crippen LogP contribution < -0.4 is 4.90 Å². The maximum absolute atomic E-state index is 13.7. The van der Waals surface area contributed by atoms with Gasteiger partial charge in [0.2, 0.25) is 5.95 Å². The fourth-order valence-corrected chi connectivity index (χ4v) is 4.54. The van der Waals surface area contributed by atoms with Crippen LogP contribution in [-0.2, 0) is 0 Å². The number of carbonyl (C=O) groups is 1. The minimum Gasteiger partial charge on any atom is -0.269 e. The molecule has 4 aromatic rings. The number of rotatable bonds is 4. The van der Waals surface area contributed by atoms with Crippen LogP contribution >= 0.6 is 11.6 Å². The summed E-state index contributed by atoms with van der Waals surface area (Å²) in [4.78, 5) is 30.4. The molecule has 164 valence electrons. The minimum atomic E-state index is -0.516. The lowest BCUT2D eigenvalue weighted by atomic mass is 9.91. The smallest absolute Gasteiger partial charge is 0.269 e. The van der Waals surface area contributed by atoms with E-state index in [0.29, 0.717) is 17.4 Å². The lowest BCUT2D eigenvalue weighted by Gasteiger charge is -2.39. The molecule has 2 unspecified atom stereocenters. The molecule has 1 aliphatic heterocycles. The molecule has 0 aliphatic carbocycles. The predicted molar refractivity (Wildman–Crippen MR) is 123 cm³/mol. The van der Waals surface area contributed by atoms with Gasteiger partial charge < -0.3 is 0 Å². The van der Waals surface area contributed by atoms with Crippen molar-refractivity contribution in [2.24, 2.45) is 0 Å². The molecule has 2 atom stereocenters. The van der Waals surface area contributed by atoms with Crippen molar-refractivity contribution in [2.45, 2.75) is 18.5 Å². The number of nitro groups is 1. The maximum atomic E-state index is 13.7. The molecule has 0 N–H and O–H groups in total. The van der Waals surface area contributed by atoms with Gasteiger partial charge in [0.25, 0.3) is 11.6 Å². The third kappa shape index (κ3) is 3.74. The Bertz CT molecular complexity index is 1340. The van der Waals surface area contributed by atoms with Crippen molar-refractivity contribution < 1.29 is 9.72 Å². The molecular formula is C24H18ClN5O3. The van der Waals surface area contributed by atoms with Crippen molar-refractivity contribution in [2.75, 3.05) is 4.90 Å². The van der Waals surface area contributed by atoms with Crippen LogP contribution in [0.25, 0.3) is 0 Å². The van der Waals surface area contributed by atoms with E-state index in [0.717, 1.165) is 11.1 Å². The third-order valence-corrected chi connectivity index (χ3v) is 6.14. The van der Waals surface area contributed by atoms with Crippen LogP contribution in [0.2, 0.25) is 5.02 Å². The summed E-state index contributed by atoms with van der Waals surface area (Å²) in [6, 6.07) is 22.3. The number of carbonyl (C=O) groups excluding carboxylic acids is 1. The van der Waals surface area contributed by atoms with Crippen LogP contribution in [0.15, 0.2) is 85.2 Å². The van der Waals surface area contributed by atoms with Crippen molar-refractivity contribution in [1.29, 1.82) is 0 Å². The monoisotopic (exact) mass is 459 g/mol. The van der Waals surface area contributed by atoms with Gasteiger partial charge in [-0.25, -0.2) is 4.68 Å². The Labute approximate surface area is 194 Å². The van der Waals surface area contributed by atoms with Crippen LogP contribution in [0.4, 0.5) is 11.6 Å². The molecule has 0 bridgehead atoms. The summed E-state index contributed by atoms with van der Waals surface area (Å²) < 4.78 is 1.69. The zero-order valence-corrected chi connectivity index (χ0v) is 18.0. The third-order valence-electron chi connectivity index (χ3n) is 5.79. The Morgan fingerprint density at radius 1 is 1.00 bits per heavy atom. The number of nitro benzene ring substituents is 1. The Morgan fingerprint density at radius 2 is 1.76 bits per heavy atom. The van der Waals surface area contributed by atoms with E-state index in [1.807, 2.05) is 54.6 Å². The number of halogens is 1. The first-order valence-electron chi connectivity index (χ1n) is 10.3. The van der Waals surface area contributed by atoms with E-state index >= 15 is 0 Å². The number of non-ortho nitro benzene ring substituents is 1. The Kier molecular flexibility index (Phi) is 5.35. The van der Waals surface area contributed by atoms with Gasteiger partial charge in [-0.05, 0) is 29.7 Å². The molecular weight excluding hydrogens is 442 g/mol. The number of fused-ring (bicyclic) bond motifs is 1. The molecule has 3 aromatic carbocycles. The van der Waals surface area contributed by atoms with Gasteiger partial charge in [-0.15, -0.1) is 0 Å². The van der Waals surface area contributed by atoms with Crippen LogP contribution in [0.3, 0.4) is 0 Å². The summed E-state index contributed by atoms with van der Waals surface area (Å²) in [7, 11) is 0. The quantitative estimate of drug-likeness (QED) is 0.308. The van der Waals surface area contributed by atoms with E-state index < -0.39 is 4.92 Å². The molecule has 0 saturated heterocycles. The van der Waals surface area contributed by atoms with Crippen molar-refractivity contribution in [3.63, 3.8) is 0 Å². The molecule has 2 heterocycles. The van der Waals surface area contributed by atoms with Gasteiger partial charge >= 0.3 is 0 Å². The highest BCUT2D eigenvalue weighted by atomic mass is 35.5. The van der Waals surface area contributed by atoms with Gasteiger partial charge in [0.05, 0.1) is 17.0 Å². The largest absolute Gasteiger partial charge is 0.270 e. The van der Waals surface area contributed by atoms with Gasteiger partial charge in [-0.3, -0.25) is 19.8 Å². The number of benzene rings is 3. The maximum Gasteiger partial charge on any atom is 0.270 e. The molecule has 0 spiro atoms. The summed E-state index contributed by atoms with van der Waals surface area (Å²) in [5.41, 5.74) is 1.86. The van der Waals surface area contributed by atoms with Gasteiger partial charge in [0, 0.05) is 22.7 Å². The molecule has 0 saturated carbocycles. The molecule has 8 nitrogen and oxygen atoms in total. The van der Waals surface area contributed by atoms with Gasteiger partial charge in [-0.1, -0.05) is 66.2 Å². The first-order chi connectivity index (χ1) is 16.0. The lowest BCUT2D eigenvalue weighted by molar-refractivity contribution is -0.384. The van der Waals surface area contributed by atoms with E-state index in [4.69, 9.17) is 11.6 Å². The SMILES string of the molecule is O=C(c1cccc([N+](=O)[O-])c1)N1c2ncnn2C(c2ccccc2Cl)CC1c1ccccc1. The zero-order valence-electron chi connectivity index (χ0n) is 17.3. The van der Waals surface area contributed by atoms with Crippen molar-refractivity contribution >= 4 is 29.1 Å². The highest BCUT2D eigenvalue weighted by molar-refractivity contribution is 6.31. The van der Waals surface area contributed by atoms with Crippen LogP contribution in [-0.4, -0.2) is 25.6 Å². The lowest BCUT2D eigenvalue weighted by Crippen LogP contribution is -2.42. The highest BCUT2D eigenvalue weighted by Gasteiger charge is 2.40. The van der Waals surface area contributed by atoms with Crippen LogP contribution in [0, 0.1) is 10.1 Å². The fraction of sp³-hybridized carbons (Fsp3) is 0.125. The second-order valence-corrected chi connectivity index (χ2v) is 8.09. The second kappa shape index (κ2) is 8.48. The highest BCUT2D eigenvalue weighted by Crippen LogP contribution is 2.43. The van der Waals surface area contributed by atoms with E-state index in [2.05, 4.69) is 10.1 Å². The Morgan fingerprint density at radius 3 is 2.52 bits per heavy atom. The van der Waals surface area contributed by atoms with Gasteiger partial charge in [0.15, 0.2) is 0 Å². The molecule has 1 aliphatic rings. The molecule has 1 amide bonds. The summed E-state index contributed by atoms with van der Waals surface area (Å²) in [5, 5.41) is 16.3. The predicted octanol–water partition coefficient (Wildman–Crippen LogP) is 5.22. The molecule has 5 rings (SSSR count). The average molecular weight is 460 g/mol. The molecule has 33 heavy (non-hydrogen) atoms. The summed E-state index contributed by atoms with van der Waals surface area (Å²) in [6.07, 6.45) is 1.91. The fourth-order valence-electron chi connectivity index (χ4n) is 4.28. The van der Waals surface area contributed by atoms with Crippen LogP contribution in [0.5, 0.6) is 0 Å². The number of nitrogens with zero attached hydrogens (tertiary/aromatic N) is 5. The number of hydrogen-bond donors (Lipinski definition) is 0.